The zero-order chi connectivity index (χ0) is 14.7. The molecule has 0 aliphatic heterocycles. The minimum absolute atomic E-state index is 0.150. The van der Waals surface area contributed by atoms with E-state index < -0.39 is 0 Å². The maximum atomic E-state index is 13.9. The predicted octanol–water partition coefficient (Wildman–Crippen LogP) is 4.58. The summed E-state index contributed by atoms with van der Waals surface area (Å²) in [5.41, 5.74) is 1.08. The van der Waals surface area contributed by atoms with Gasteiger partial charge in [0.05, 0.1) is 12.1 Å². The maximum Gasteiger partial charge on any atom is 0.168 e. The lowest BCUT2D eigenvalue weighted by atomic mass is 10.2. The van der Waals surface area contributed by atoms with Crippen LogP contribution < -0.4 is 4.74 Å². The van der Waals surface area contributed by atoms with Crippen molar-refractivity contribution in [2.75, 3.05) is 0 Å². The van der Waals surface area contributed by atoms with Crippen molar-refractivity contribution in [3.05, 3.63) is 47.3 Å². The van der Waals surface area contributed by atoms with Gasteiger partial charge < -0.3 is 4.74 Å². The van der Waals surface area contributed by atoms with E-state index in [1.165, 1.54) is 0 Å². The molecule has 0 saturated heterocycles. The molecule has 0 radical (unpaired) electrons. The Kier molecular flexibility index (Phi) is 4.55. The van der Waals surface area contributed by atoms with Crippen molar-refractivity contribution in [1.29, 1.82) is 0 Å². The first-order valence-corrected chi connectivity index (χ1v) is 6.91. The zero-order valence-corrected chi connectivity index (χ0v) is 12.4. The fourth-order valence-electron chi connectivity index (χ4n) is 1.70. The lowest BCUT2D eigenvalue weighted by Gasteiger charge is -2.12. The molecule has 0 amide bonds. The first-order chi connectivity index (χ1) is 9.52. The average molecular weight is 295 g/mol. The van der Waals surface area contributed by atoms with Crippen LogP contribution in [-0.4, -0.2) is 9.97 Å². The summed E-state index contributed by atoms with van der Waals surface area (Å²) < 4.78 is 19.5. The summed E-state index contributed by atoms with van der Waals surface area (Å²) in [6, 6.07) is 4.98. The Hall–Kier alpha value is -1.68. The minimum Gasteiger partial charge on any atom is -0.451 e. The van der Waals surface area contributed by atoms with Crippen LogP contribution >= 0.6 is 11.6 Å². The summed E-state index contributed by atoms with van der Waals surface area (Å²) in [6.45, 7) is 5.67. The van der Waals surface area contributed by atoms with Gasteiger partial charge in [0, 0.05) is 5.92 Å². The van der Waals surface area contributed by atoms with E-state index in [-0.39, 0.29) is 23.4 Å². The molecular weight excluding hydrogens is 279 g/mol. The van der Waals surface area contributed by atoms with E-state index in [2.05, 4.69) is 9.97 Å². The van der Waals surface area contributed by atoms with Gasteiger partial charge in [0.1, 0.15) is 11.5 Å². The summed E-state index contributed by atoms with van der Waals surface area (Å²) in [5.74, 6) is 1.22. The van der Waals surface area contributed by atoms with Crippen LogP contribution in [0.25, 0.3) is 0 Å². The number of benzene rings is 1. The summed E-state index contributed by atoms with van der Waals surface area (Å²) in [5, 5.41) is 0. The Morgan fingerprint density at radius 3 is 2.70 bits per heavy atom. The summed E-state index contributed by atoms with van der Waals surface area (Å²) in [7, 11) is 0. The Balaban J connectivity index is 2.36. The topological polar surface area (TPSA) is 35.0 Å². The van der Waals surface area contributed by atoms with Crippen molar-refractivity contribution in [3.8, 4) is 11.5 Å². The Bertz CT molecular complexity index is 617. The van der Waals surface area contributed by atoms with E-state index in [4.69, 9.17) is 16.3 Å². The van der Waals surface area contributed by atoms with Crippen molar-refractivity contribution < 1.29 is 9.13 Å². The Morgan fingerprint density at radius 2 is 2.05 bits per heavy atom. The first kappa shape index (κ1) is 14.7. The Morgan fingerprint density at radius 1 is 1.30 bits per heavy atom. The van der Waals surface area contributed by atoms with Crippen molar-refractivity contribution >= 4 is 11.6 Å². The molecule has 0 spiro atoms. The lowest BCUT2D eigenvalue weighted by molar-refractivity contribution is 0.431. The number of nitrogens with zero attached hydrogens (tertiary/aromatic N) is 2. The number of alkyl halides is 1. The molecule has 5 heteroatoms. The molecule has 0 saturated carbocycles. The highest BCUT2D eigenvalue weighted by molar-refractivity contribution is 6.17. The molecule has 0 unspecified atom stereocenters. The molecule has 2 rings (SSSR count). The van der Waals surface area contributed by atoms with Gasteiger partial charge in [-0.05, 0) is 18.6 Å². The first-order valence-electron chi connectivity index (χ1n) is 6.37. The van der Waals surface area contributed by atoms with Gasteiger partial charge in [-0.1, -0.05) is 26.0 Å². The molecule has 0 aliphatic carbocycles. The molecule has 0 bridgehead atoms. The third-order valence-corrected chi connectivity index (χ3v) is 3.12. The Labute approximate surface area is 122 Å². The molecule has 20 heavy (non-hydrogen) atoms. The molecule has 0 atom stereocenters. The molecule has 1 aromatic heterocycles. The number of hydrogen-bond donors (Lipinski definition) is 0. The van der Waals surface area contributed by atoms with E-state index in [1.807, 2.05) is 13.8 Å². The monoisotopic (exact) mass is 294 g/mol. The summed E-state index contributed by atoms with van der Waals surface area (Å²) in [6.07, 6.45) is 1.54. The van der Waals surface area contributed by atoms with Crippen molar-refractivity contribution in [2.45, 2.75) is 32.6 Å². The standard InChI is InChI=1S/C15H16ClFN2O/c1-9(2)15-18-8-13(11(7-16)19-15)20-12-6-4-5-10(3)14(12)17/h4-6,8-9H,7H2,1-3H3. The molecule has 0 aliphatic rings. The summed E-state index contributed by atoms with van der Waals surface area (Å²) >= 11 is 5.88. The van der Waals surface area contributed by atoms with Crippen LogP contribution in [-0.2, 0) is 5.88 Å². The second-order valence-corrected chi connectivity index (χ2v) is 5.08. The molecular formula is C15H16ClFN2O. The van der Waals surface area contributed by atoms with Crippen molar-refractivity contribution in [1.82, 2.24) is 9.97 Å². The average Bonchev–Trinajstić information content (AvgIpc) is 2.44. The number of aromatic nitrogens is 2. The molecule has 1 aromatic carbocycles. The number of ether oxygens (including phenoxy) is 1. The normalized spacial score (nSPS) is 10.9. The van der Waals surface area contributed by atoms with Gasteiger partial charge in [-0.2, -0.15) is 0 Å². The van der Waals surface area contributed by atoms with Crippen LogP contribution in [0.4, 0.5) is 4.39 Å². The van der Waals surface area contributed by atoms with Crippen LogP contribution in [0.1, 0.15) is 36.8 Å². The second-order valence-electron chi connectivity index (χ2n) is 4.82. The van der Waals surface area contributed by atoms with Gasteiger partial charge in [-0.3, -0.25) is 0 Å². The smallest absolute Gasteiger partial charge is 0.168 e. The van der Waals surface area contributed by atoms with Crippen LogP contribution in [0.3, 0.4) is 0 Å². The van der Waals surface area contributed by atoms with Gasteiger partial charge >= 0.3 is 0 Å². The van der Waals surface area contributed by atoms with Crippen LogP contribution in [0.5, 0.6) is 11.5 Å². The lowest BCUT2D eigenvalue weighted by Crippen LogP contribution is -2.03. The number of halogens is 2. The van der Waals surface area contributed by atoms with E-state index in [0.717, 1.165) is 0 Å². The molecule has 3 nitrogen and oxygen atoms in total. The molecule has 2 aromatic rings. The van der Waals surface area contributed by atoms with Crippen molar-refractivity contribution in [2.24, 2.45) is 0 Å². The molecule has 106 valence electrons. The van der Waals surface area contributed by atoms with Gasteiger partial charge in [0.25, 0.3) is 0 Å². The molecule has 0 fully saturated rings. The van der Waals surface area contributed by atoms with Gasteiger partial charge in [0.2, 0.25) is 0 Å². The van der Waals surface area contributed by atoms with Gasteiger partial charge in [0.15, 0.2) is 17.3 Å². The maximum absolute atomic E-state index is 13.9. The SMILES string of the molecule is Cc1cccc(Oc2cnc(C(C)C)nc2CCl)c1F. The highest BCUT2D eigenvalue weighted by Gasteiger charge is 2.13. The fourth-order valence-corrected chi connectivity index (χ4v) is 1.89. The minimum atomic E-state index is -0.388. The van der Waals surface area contributed by atoms with Crippen molar-refractivity contribution in [3.63, 3.8) is 0 Å². The number of rotatable bonds is 4. The highest BCUT2D eigenvalue weighted by Crippen LogP contribution is 2.29. The predicted molar refractivity (Wildman–Crippen MR) is 76.9 cm³/mol. The van der Waals surface area contributed by atoms with E-state index in [9.17, 15) is 4.39 Å². The third kappa shape index (κ3) is 3.07. The third-order valence-electron chi connectivity index (χ3n) is 2.87. The van der Waals surface area contributed by atoms with E-state index in [1.54, 1.807) is 31.3 Å². The number of aryl methyl sites for hydroxylation is 1. The van der Waals surface area contributed by atoms with Crippen LogP contribution in [0, 0.1) is 12.7 Å². The molecule has 0 N–H and O–H groups in total. The fraction of sp³-hybridized carbons (Fsp3) is 0.333. The van der Waals surface area contributed by atoms with Crippen LogP contribution in [0.2, 0.25) is 0 Å². The zero-order valence-electron chi connectivity index (χ0n) is 11.7. The quantitative estimate of drug-likeness (QED) is 0.774. The van der Waals surface area contributed by atoms with E-state index in [0.29, 0.717) is 22.8 Å². The molecule has 1 heterocycles. The highest BCUT2D eigenvalue weighted by atomic mass is 35.5. The van der Waals surface area contributed by atoms with E-state index >= 15 is 0 Å². The largest absolute Gasteiger partial charge is 0.451 e. The van der Waals surface area contributed by atoms with Gasteiger partial charge in [-0.15, -0.1) is 11.6 Å². The number of hydrogen-bond acceptors (Lipinski definition) is 3. The van der Waals surface area contributed by atoms with Gasteiger partial charge in [-0.25, -0.2) is 14.4 Å². The second kappa shape index (κ2) is 6.18. The van der Waals surface area contributed by atoms with Crippen LogP contribution in [0.15, 0.2) is 24.4 Å². The summed E-state index contributed by atoms with van der Waals surface area (Å²) in [4.78, 5) is 8.57.